The van der Waals surface area contributed by atoms with Crippen molar-refractivity contribution in [1.82, 2.24) is 0 Å². The number of carboxylic acid groups (broad SMARTS) is 1. The summed E-state index contributed by atoms with van der Waals surface area (Å²) in [7, 11) is 1.52. The summed E-state index contributed by atoms with van der Waals surface area (Å²) in [5, 5.41) is 12.0. The van der Waals surface area contributed by atoms with E-state index >= 15 is 0 Å². The topological polar surface area (TPSA) is 84.9 Å². The number of allylic oxidation sites excluding steroid dienone is 2. The largest absolute Gasteiger partial charge is 0.497 e. The number of hydrogen-bond donors (Lipinski definition) is 2. The fraction of sp³-hybridized carbons (Fsp3) is 0.474. The van der Waals surface area contributed by atoms with Crippen molar-refractivity contribution in [1.29, 1.82) is 0 Å². The fourth-order valence-corrected chi connectivity index (χ4v) is 2.24. The predicted octanol–water partition coefficient (Wildman–Crippen LogP) is 4.22. The van der Waals surface area contributed by atoms with Crippen LogP contribution in [0.25, 0.3) is 0 Å². The minimum absolute atomic E-state index is 0.309. The summed E-state index contributed by atoms with van der Waals surface area (Å²) in [6, 6.07) is 5.00. The van der Waals surface area contributed by atoms with E-state index < -0.39 is 17.8 Å². The molecule has 0 saturated carbocycles. The Kier molecular flexibility index (Phi) is 8.53. The lowest BCUT2D eigenvalue weighted by atomic mass is 10.0. The van der Waals surface area contributed by atoms with E-state index in [0.717, 1.165) is 12.8 Å². The molecule has 0 saturated heterocycles. The van der Waals surface area contributed by atoms with Crippen LogP contribution in [0.4, 0.5) is 5.69 Å². The van der Waals surface area contributed by atoms with Crippen LogP contribution in [-0.2, 0) is 9.59 Å². The Morgan fingerprint density at radius 2 is 2.04 bits per heavy atom. The molecule has 0 aliphatic carbocycles. The van der Waals surface area contributed by atoms with Gasteiger partial charge in [-0.25, -0.2) is 0 Å². The van der Waals surface area contributed by atoms with E-state index in [4.69, 9.17) is 9.47 Å². The molecule has 1 atom stereocenters. The second kappa shape index (κ2) is 10.4. The van der Waals surface area contributed by atoms with Gasteiger partial charge in [-0.05, 0) is 38.5 Å². The Morgan fingerprint density at radius 1 is 1.32 bits per heavy atom. The number of methoxy groups -OCH3 is 1. The van der Waals surface area contributed by atoms with Gasteiger partial charge < -0.3 is 19.9 Å². The van der Waals surface area contributed by atoms with Crippen LogP contribution in [0, 0.1) is 5.92 Å². The number of hydrogen-bond acceptors (Lipinski definition) is 4. The van der Waals surface area contributed by atoms with E-state index in [1.165, 1.54) is 7.11 Å². The molecule has 6 heteroatoms. The third-order valence-electron chi connectivity index (χ3n) is 3.83. The zero-order chi connectivity index (χ0) is 18.8. The predicted molar refractivity (Wildman–Crippen MR) is 97.0 cm³/mol. The molecule has 6 nitrogen and oxygen atoms in total. The van der Waals surface area contributed by atoms with E-state index in [1.807, 2.05) is 13.8 Å². The van der Waals surface area contributed by atoms with Crippen molar-refractivity contribution in [3.63, 3.8) is 0 Å². The number of carbonyl (C=O) groups excluding carboxylic acids is 1. The molecule has 0 bridgehead atoms. The highest BCUT2D eigenvalue weighted by Gasteiger charge is 2.26. The average molecular weight is 349 g/mol. The standard InChI is InChI=1S/C19H27NO5/c1-5-7-8-9-15(19(22)23)18(21)20-16-12-14(24-4)10-11-17(16)25-13(3)6-2/h6,10-12,15H,5,7-9H2,1-4H3,(H,20,21)(H,22,23)/b13-6+. The molecule has 25 heavy (non-hydrogen) atoms. The lowest BCUT2D eigenvalue weighted by Gasteiger charge is -2.16. The van der Waals surface area contributed by atoms with Gasteiger partial charge in [0.15, 0.2) is 5.75 Å². The maximum atomic E-state index is 12.5. The van der Waals surface area contributed by atoms with Gasteiger partial charge in [0.25, 0.3) is 0 Å². The number of carbonyl (C=O) groups is 2. The van der Waals surface area contributed by atoms with E-state index in [-0.39, 0.29) is 0 Å². The molecule has 0 aliphatic heterocycles. The molecule has 1 aromatic rings. The van der Waals surface area contributed by atoms with Crippen molar-refractivity contribution >= 4 is 17.6 Å². The van der Waals surface area contributed by atoms with Gasteiger partial charge in [0.05, 0.1) is 18.6 Å². The van der Waals surface area contributed by atoms with Gasteiger partial charge >= 0.3 is 5.97 Å². The highest BCUT2D eigenvalue weighted by Crippen LogP contribution is 2.31. The van der Waals surface area contributed by atoms with Crippen molar-refractivity contribution in [2.24, 2.45) is 5.92 Å². The first-order chi connectivity index (χ1) is 11.9. The number of rotatable bonds is 10. The molecule has 2 N–H and O–H groups in total. The number of nitrogens with one attached hydrogen (secondary N) is 1. The smallest absolute Gasteiger partial charge is 0.316 e. The molecule has 1 rings (SSSR count). The SMILES string of the molecule is C/C=C(\C)Oc1ccc(OC)cc1NC(=O)C(CCCCC)C(=O)O. The van der Waals surface area contributed by atoms with Crippen LogP contribution in [0.3, 0.4) is 0 Å². The molecular weight excluding hydrogens is 322 g/mol. The zero-order valence-electron chi connectivity index (χ0n) is 15.3. The average Bonchev–Trinajstić information content (AvgIpc) is 2.59. The van der Waals surface area contributed by atoms with E-state index in [2.05, 4.69) is 5.32 Å². The molecule has 1 aromatic carbocycles. The maximum absolute atomic E-state index is 12.5. The summed E-state index contributed by atoms with van der Waals surface area (Å²) in [5.41, 5.74) is 0.382. The van der Waals surface area contributed by atoms with Crippen LogP contribution in [-0.4, -0.2) is 24.1 Å². The first kappa shape index (κ1) is 20.5. The van der Waals surface area contributed by atoms with Crippen molar-refractivity contribution in [2.75, 3.05) is 12.4 Å². The highest BCUT2D eigenvalue weighted by atomic mass is 16.5. The van der Waals surface area contributed by atoms with Crippen molar-refractivity contribution in [3.05, 3.63) is 30.0 Å². The summed E-state index contributed by atoms with van der Waals surface area (Å²) in [6.45, 7) is 5.66. The van der Waals surface area contributed by atoms with Gasteiger partial charge in [0.2, 0.25) is 5.91 Å². The third-order valence-corrected chi connectivity index (χ3v) is 3.83. The molecule has 138 valence electrons. The van der Waals surface area contributed by atoms with Crippen LogP contribution < -0.4 is 14.8 Å². The first-order valence-electron chi connectivity index (χ1n) is 8.45. The minimum atomic E-state index is -1.12. The van der Waals surface area contributed by atoms with Crippen LogP contribution in [0.15, 0.2) is 30.0 Å². The number of aliphatic carboxylic acids is 1. The lowest BCUT2D eigenvalue weighted by Crippen LogP contribution is -2.29. The van der Waals surface area contributed by atoms with Gasteiger partial charge in [-0.15, -0.1) is 0 Å². The molecule has 1 unspecified atom stereocenters. The van der Waals surface area contributed by atoms with Crippen LogP contribution in [0.1, 0.15) is 46.5 Å². The lowest BCUT2D eigenvalue weighted by molar-refractivity contribution is -0.145. The molecular formula is C19H27NO5. The molecule has 1 amide bonds. The Bertz CT molecular complexity index is 624. The number of carboxylic acids is 1. The number of anilines is 1. The molecule has 0 aliphatic rings. The Hall–Kier alpha value is -2.50. The molecule has 0 aromatic heterocycles. The normalized spacial score (nSPS) is 12.4. The maximum Gasteiger partial charge on any atom is 0.316 e. The number of benzene rings is 1. The van der Waals surface area contributed by atoms with Gasteiger partial charge in [0.1, 0.15) is 11.7 Å². The Labute approximate surface area is 148 Å². The minimum Gasteiger partial charge on any atom is -0.497 e. The second-order valence-corrected chi connectivity index (χ2v) is 5.74. The monoisotopic (exact) mass is 349 g/mol. The number of amides is 1. The Balaban J connectivity index is 3.00. The van der Waals surface area contributed by atoms with E-state index in [9.17, 15) is 14.7 Å². The van der Waals surface area contributed by atoms with Gasteiger partial charge in [-0.3, -0.25) is 9.59 Å². The first-order valence-corrected chi connectivity index (χ1v) is 8.45. The van der Waals surface area contributed by atoms with Crippen molar-refractivity contribution in [3.8, 4) is 11.5 Å². The van der Waals surface area contributed by atoms with Gasteiger partial charge in [0, 0.05) is 6.07 Å². The van der Waals surface area contributed by atoms with Gasteiger partial charge in [-0.1, -0.05) is 26.2 Å². The summed E-state index contributed by atoms with van der Waals surface area (Å²) < 4.78 is 10.8. The fourth-order valence-electron chi connectivity index (χ4n) is 2.24. The van der Waals surface area contributed by atoms with Crippen LogP contribution in [0.5, 0.6) is 11.5 Å². The summed E-state index contributed by atoms with van der Waals surface area (Å²) >= 11 is 0. The second-order valence-electron chi connectivity index (χ2n) is 5.74. The zero-order valence-corrected chi connectivity index (χ0v) is 15.3. The quantitative estimate of drug-likeness (QED) is 0.375. The van der Waals surface area contributed by atoms with Crippen molar-refractivity contribution < 1.29 is 24.2 Å². The molecule has 0 spiro atoms. The molecule has 0 fully saturated rings. The summed E-state index contributed by atoms with van der Waals surface area (Å²) in [4.78, 5) is 23.9. The van der Waals surface area contributed by atoms with E-state index in [0.29, 0.717) is 35.8 Å². The number of unbranched alkanes of at least 4 members (excludes halogenated alkanes) is 2. The molecule has 0 radical (unpaired) electrons. The highest BCUT2D eigenvalue weighted by molar-refractivity contribution is 6.04. The van der Waals surface area contributed by atoms with Crippen molar-refractivity contribution in [2.45, 2.75) is 46.5 Å². The van der Waals surface area contributed by atoms with E-state index in [1.54, 1.807) is 31.2 Å². The summed E-state index contributed by atoms with van der Waals surface area (Å²) in [6.07, 6.45) is 4.65. The van der Waals surface area contributed by atoms with Crippen LogP contribution in [0.2, 0.25) is 0 Å². The Morgan fingerprint density at radius 3 is 2.60 bits per heavy atom. The van der Waals surface area contributed by atoms with Crippen LogP contribution >= 0.6 is 0 Å². The number of ether oxygens (including phenoxy) is 2. The third kappa shape index (κ3) is 6.49. The van der Waals surface area contributed by atoms with Gasteiger partial charge in [-0.2, -0.15) is 0 Å². The molecule has 0 heterocycles. The summed E-state index contributed by atoms with van der Waals surface area (Å²) in [5.74, 6) is -1.13.